The van der Waals surface area contributed by atoms with Gasteiger partial charge in [0, 0.05) is 11.1 Å². The van der Waals surface area contributed by atoms with Gasteiger partial charge in [-0.3, -0.25) is 4.79 Å². The van der Waals surface area contributed by atoms with Crippen LogP contribution in [0.25, 0.3) is 33.4 Å². The van der Waals surface area contributed by atoms with Gasteiger partial charge in [0.2, 0.25) is 0 Å². The van der Waals surface area contributed by atoms with Gasteiger partial charge in [0.25, 0.3) is 5.56 Å². The van der Waals surface area contributed by atoms with Gasteiger partial charge in [-0.2, -0.15) is 0 Å². The number of aromatic amines is 1. The molecule has 0 bridgehead atoms. The lowest BCUT2D eigenvalue weighted by atomic mass is 10.1. The Morgan fingerprint density at radius 2 is 1.48 bits per heavy atom. The summed E-state index contributed by atoms with van der Waals surface area (Å²) in [6.45, 7) is 0.319. The van der Waals surface area contributed by atoms with E-state index in [9.17, 15) is 4.79 Å². The number of fused-ring (bicyclic) bond motifs is 1. The van der Waals surface area contributed by atoms with Gasteiger partial charge in [0.05, 0.1) is 18.0 Å². The molecule has 4 aromatic carbocycles. The van der Waals surface area contributed by atoms with Crippen LogP contribution in [0.3, 0.4) is 0 Å². The molecule has 33 heavy (non-hydrogen) atoms. The van der Waals surface area contributed by atoms with E-state index < -0.39 is 0 Å². The van der Waals surface area contributed by atoms with Gasteiger partial charge in [0.15, 0.2) is 0 Å². The molecule has 0 spiro atoms. The largest absolute Gasteiger partial charge is 0.496 e. The molecule has 0 unspecified atom stereocenters. The first kappa shape index (κ1) is 20.5. The van der Waals surface area contributed by atoms with Crippen LogP contribution in [0.4, 0.5) is 0 Å². The minimum Gasteiger partial charge on any atom is -0.496 e. The molecular weight excluding hydrogens is 412 g/mol. The van der Waals surface area contributed by atoms with Crippen LogP contribution in [0.1, 0.15) is 5.56 Å². The van der Waals surface area contributed by atoms with Crippen molar-refractivity contribution < 1.29 is 9.47 Å². The van der Waals surface area contributed by atoms with Crippen molar-refractivity contribution in [2.75, 3.05) is 7.11 Å². The van der Waals surface area contributed by atoms with Crippen LogP contribution in [0, 0.1) is 0 Å². The normalized spacial score (nSPS) is 10.8. The summed E-state index contributed by atoms with van der Waals surface area (Å²) in [5.74, 6) is 1.98. The lowest BCUT2D eigenvalue weighted by Crippen LogP contribution is -2.09. The number of ether oxygens (including phenoxy) is 2. The Kier molecular flexibility index (Phi) is 5.60. The third kappa shape index (κ3) is 4.34. The van der Waals surface area contributed by atoms with E-state index in [4.69, 9.17) is 9.47 Å². The van der Waals surface area contributed by atoms with Crippen LogP contribution in [0.2, 0.25) is 0 Å². The average molecular weight is 434 g/mol. The van der Waals surface area contributed by atoms with Gasteiger partial charge in [-0.15, -0.1) is 0 Å². The summed E-state index contributed by atoms with van der Waals surface area (Å²) >= 11 is 0. The summed E-state index contributed by atoms with van der Waals surface area (Å²) in [5, 5.41) is 0.567. The van der Waals surface area contributed by atoms with Crippen molar-refractivity contribution in [3.63, 3.8) is 0 Å². The van der Waals surface area contributed by atoms with E-state index in [0.29, 0.717) is 29.1 Å². The lowest BCUT2D eigenvalue weighted by Gasteiger charge is -2.13. The van der Waals surface area contributed by atoms with Crippen molar-refractivity contribution in [3.8, 4) is 34.0 Å². The van der Waals surface area contributed by atoms with Gasteiger partial charge in [-0.1, -0.05) is 54.6 Å². The smallest absolute Gasteiger partial charge is 0.259 e. The van der Waals surface area contributed by atoms with E-state index in [2.05, 4.69) is 22.1 Å². The van der Waals surface area contributed by atoms with E-state index in [1.807, 2.05) is 78.9 Å². The molecule has 0 saturated carbocycles. The van der Waals surface area contributed by atoms with Crippen LogP contribution in [-0.2, 0) is 6.61 Å². The number of rotatable bonds is 6. The molecule has 0 aliphatic heterocycles. The van der Waals surface area contributed by atoms with Gasteiger partial charge >= 0.3 is 0 Å². The summed E-state index contributed by atoms with van der Waals surface area (Å²) in [6, 6.07) is 31.2. The Hall–Kier alpha value is -4.38. The SMILES string of the molecule is COc1ccc(-c2nc3ccccc3c(=O)[nH]2)cc1COc1ccc(-c2ccccc2)cc1. The van der Waals surface area contributed by atoms with Crippen LogP contribution in [-0.4, -0.2) is 17.1 Å². The first-order valence-electron chi connectivity index (χ1n) is 10.7. The third-order valence-electron chi connectivity index (χ3n) is 5.52. The predicted molar refractivity (Wildman–Crippen MR) is 131 cm³/mol. The van der Waals surface area contributed by atoms with E-state index in [1.165, 1.54) is 0 Å². The van der Waals surface area contributed by atoms with E-state index in [0.717, 1.165) is 28.0 Å². The second kappa shape index (κ2) is 9.01. The molecule has 5 heteroatoms. The van der Waals surface area contributed by atoms with Crippen LogP contribution in [0.5, 0.6) is 11.5 Å². The zero-order valence-electron chi connectivity index (χ0n) is 18.1. The van der Waals surface area contributed by atoms with Crippen molar-refractivity contribution in [1.29, 1.82) is 0 Å². The number of nitrogens with zero attached hydrogens (tertiary/aromatic N) is 1. The minimum absolute atomic E-state index is 0.164. The van der Waals surface area contributed by atoms with Gasteiger partial charge in [-0.25, -0.2) is 4.98 Å². The van der Waals surface area contributed by atoms with Crippen molar-refractivity contribution >= 4 is 10.9 Å². The molecule has 1 heterocycles. The molecule has 5 nitrogen and oxygen atoms in total. The van der Waals surface area contributed by atoms with Gasteiger partial charge in [-0.05, 0) is 53.6 Å². The molecule has 0 amide bonds. The van der Waals surface area contributed by atoms with E-state index in [1.54, 1.807) is 13.2 Å². The quantitative estimate of drug-likeness (QED) is 0.364. The molecule has 0 atom stereocenters. The molecule has 5 rings (SSSR count). The lowest BCUT2D eigenvalue weighted by molar-refractivity contribution is 0.297. The molecule has 0 saturated heterocycles. The number of para-hydroxylation sites is 1. The van der Waals surface area contributed by atoms with Crippen LogP contribution >= 0.6 is 0 Å². The zero-order chi connectivity index (χ0) is 22.6. The van der Waals surface area contributed by atoms with Crippen LogP contribution < -0.4 is 15.0 Å². The number of aromatic nitrogens is 2. The average Bonchev–Trinajstić information content (AvgIpc) is 2.88. The summed E-state index contributed by atoms with van der Waals surface area (Å²) in [4.78, 5) is 20.0. The Balaban J connectivity index is 1.40. The van der Waals surface area contributed by atoms with E-state index >= 15 is 0 Å². The first-order chi connectivity index (χ1) is 16.2. The van der Waals surface area contributed by atoms with E-state index in [-0.39, 0.29) is 5.56 Å². The Labute approximate surface area is 191 Å². The topological polar surface area (TPSA) is 64.2 Å². The van der Waals surface area contributed by atoms with Crippen molar-refractivity contribution in [2.24, 2.45) is 0 Å². The number of hydrogen-bond donors (Lipinski definition) is 1. The number of hydrogen-bond acceptors (Lipinski definition) is 4. The highest BCUT2D eigenvalue weighted by molar-refractivity contribution is 5.79. The van der Waals surface area contributed by atoms with Gasteiger partial charge in [0.1, 0.15) is 23.9 Å². The van der Waals surface area contributed by atoms with Gasteiger partial charge < -0.3 is 14.5 Å². The monoisotopic (exact) mass is 434 g/mol. The number of methoxy groups -OCH3 is 1. The standard InChI is InChI=1S/C28H22N2O3/c1-32-26-16-13-21(27-29-25-10-6-5-9-24(25)28(31)30-27)17-22(26)18-33-23-14-11-20(12-15-23)19-7-3-2-4-8-19/h2-17H,18H2,1H3,(H,29,30,31). The maximum absolute atomic E-state index is 12.5. The molecule has 0 aliphatic rings. The molecule has 1 N–H and O–H groups in total. The Morgan fingerprint density at radius 1 is 0.788 bits per heavy atom. The molecule has 162 valence electrons. The molecule has 5 aromatic rings. The first-order valence-corrected chi connectivity index (χ1v) is 10.7. The summed E-state index contributed by atoms with van der Waals surface area (Å²) in [5.41, 5.74) is 4.44. The van der Waals surface area contributed by atoms with Crippen molar-refractivity contribution in [3.05, 3.63) is 113 Å². The second-order valence-corrected chi connectivity index (χ2v) is 7.64. The molecular formula is C28H22N2O3. The molecule has 0 fully saturated rings. The predicted octanol–water partition coefficient (Wildman–Crippen LogP) is 5.84. The minimum atomic E-state index is -0.164. The van der Waals surface area contributed by atoms with Crippen LogP contribution in [0.15, 0.2) is 102 Å². The number of nitrogens with one attached hydrogen (secondary N) is 1. The Morgan fingerprint density at radius 3 is 2.27 bits per heavy atom. The number of benzene rings is 4. The third-order valence-corrected chi connectivity index (χ3v) is 5.52. The maximum atomic E-state index is 12.5. The fourth-order valence-corrected chi connectivity index (χ4v) is 3.80. The maximum Gasteiger partial charge on any atom is 0.259 e. The molecule has 0 radical (unpaired) electrons. The molecule has 0 aliphatic carbocycles. The highest BCUT2D eigenvalue weighted by Gasteiger charge is 2.11. The summed E-state index contributed by atoms with van der Waals surface area (Å²) in [7, 11) is 1.63. The Bertz CT molecular complexity index is 1460. The fraction of sp³-hybridized carbons (Fsp3) is 0.0714. The number of H-pyrrole nitrogens is 1. The van der Waals surface area contributed by atoms with Crippen molar-refractivity contribution in [1.82, 2.24) is 9.97 Å². The second-order valence-electron chi connectivity index (χ2n) is 7.64. The highest BCUT2D eigenvalue weighted by Crippen LogP contribution is 2.27. The zero-order valence-corrected chi connectivity index (χ0v) is 18.1. The fourth-order valence-electron chi connectivity index (χ4n) is 3.80. The van der Waals surface area contributed by atoms with Crippen molar-refractivity contribution in [2.45, 2.75) is 6.61 Å². The summed E-state index contributed by atoms with van der Waals surface area (Å²) < 4.78 is 11.6. The summed E-state index contributed by atoms with van der Waals surface area (Å²) in [6.07, 6.45) is 0. The highest BCUT2D eigenvalue weighted by atomic mass is 16.5. The molecule has 1 aromatic heterocycles.